The van der Waals surface area contributed by atoms with Gasteiger partial charge in [-0.2, -0.15) is 4.31 Å². The number of fused-ring (bicyclic) bond motifs is 1. The van der Waals surface area contributed by atoms with Gasteiger partial charge in [0.1, 0.15) is 5.75 Å². The first-order chi connectivity index (χ1) is 16.2. The van der Waals surface area contributed by atoms with Crippen LogP contribution in [0.1, 0.15) is 11.1 Å². The summed E-state index contributed by atoms with van der Waals surface area (Å²) in [4.78, 5) is 37.8. The normalized spacial score (nSPS) is 16.3. The molecule has 2 aromatic rings. The molecule has 34 heavy (non-hydrogen) atoms. The van der Waals surface area contributed by atoms with Gasteiger partial charge in [0, 0.05) is 32.2 Å². The number of anilines is 1. The minimum Gasteiger partial charge on any atom is -0.482 e. The summed E-state index contributed by atoms with van der Waals surface area (Å²) in [6, 6.07) is 12.2. The van der Waals surface area contributed by atoms with E-state index in [0.717, 1.165) is 5.56 Å². The van der Waals surface area contributed by atoms with E-state index in [2.05, 4.69) is 10.6 Å². The summed E-state index contributed by atoms with van der Waals surface area (Å²) in [5.74, 6) is -0.488. The first-order valence-corrected chi connectivity index (χ1v) is 12.3. The van der Waals surface area contributed by atoms with Gasteiger partial charge in [-0.15, -0.1) is 0 Å². The summed E-state index contributed by atoms with van der Waals surface area (Å²) in [5.41, 5.74) is 1.79. The third kappa shape index (κ3) is 5.20. The number of carbonyl (C=O) groups excluding carboxylic acids is 3. The molecule has 2 aliphatic rings. The lowest BCUT2D eigenvalue weighted by atomic mass is 10.1. The first kappa shape index (κ1) is 23.7. The van der Waals surface area contributed by atoms with Crippen LogP contribution >= 0.6 is 0 Å². The molecule has 0 spiro atoms. The number of aryl methyl sites for hydroxylation is 1. The standard InChI is InChI=1S/C23H26N4O6S/c1-16-11-18-19(33-15-22(29)25-18)13-20(16)34(31,32)27-9-7-26(8-10-27)23(30)14-24-21(28)12-17-5-3-2-4-6-17/h2-6,11,13H,7-10,12,14-15H2,1H3,(H,24,28)(H,25,29). The number of hydrogen-bond acceptors (Lipinski definition) is 6. The van der Waals surface area contributed by atoms with Gasteiger partial charge in [0.15, 0.2) is 6.61 Å². The van der Waals surface area contributed by atoms with Crippen molar-refractivity contribution in [3.05, 3.63) is 53.6 Å². The topological polar surface area (TPSA) is 125 Å². The Balaban J connectivity index is 1.33. The molecule has 0 saturated carbocycles. The van der Waals surface area contributed by atoms with Crippen molar-refractivity contribution in [3.8, 4) is 5.75 Å². The van der Waals surface area contributed by atoms with Gasteiger partial charge in [-0.05, 0) is 24.1 Å². The first-order valence-electron chi connectivity index (χ1n) is 10.9. The molecule has 0 atom stereocenters. The lowest BCUT2D eigenvalue weighted by Gasteiger charge is -2.34. The van der Waals surface area contributed by atoms with Gasteiger partial charge in [-0.25, -0.2) is 8.42 Å². The van der Waals surface area contributed by atoms with Crippen molar-refractivity contribution in [1.82, 2.24) is 14.5 Å². The lowest BCUT2D eigenvalue weighted by molar-refractivity contribution is -0.133. The van der Waals surface area contributed by atoms with E-state index >= 15 is 0 Å². The van der Waals surface area contributed by atoms with Crippen molar-refractivity contribution in [3.63, 3.8) is 0 Å². The van der Waals surface area contributed by atoms with Crippen molar-refractivity contribution in [2.45, 2.75) is 18.2 Å². The largest absolute Gasteiger partial charge is 0.482 e. The fourth-order valence-corrected chi connectivity index (χ4v) is 5.58. The fourth-order valence-electron chi connectivity index (χ4n) is 3.94. The molecule has 2 aromatic carbocycles. The Bertz CT molecular complexity index is 1210. The van der Waals surface area contributed by atoms with Crippen molar-refractivity contribution in [1.29, 1.82) is 0 Å². The molecule has 0 aliphatic carbocycles. The van der Waals surface area contributed by atoms with Crippen LogP contribution in [0.3, 0.4) is 0 Å². The van der Waals surface area contributed by atoms with E-state index in [1.165, 1.54) is 10.4 Å². The number of sulfonamides is 1. The molecule has 0 radical (unpaired) electrons. The lowest BCUT2D eigenvalue weighted by Crippen LogP contribution is -2.52. The zero-order chi connectivity index (χ0) is 24.3. The smallest absolute Gasteiger partial charge is 0.262 e. The molecule has 10 nitrogen and oxygen atoms in total. The third-order valence-electron chi connectivity index (χ3n) is 5.76. The molecule has 2 N–H and O–H groups in total. The number of nitrogens with zero attached hydrogens (tertiary/aromatic N) is 2. The fraction of sp³-hybridized carbons (Fsp3) is 0.348. The highest BCUT2D eigenvalue weighted by Crippen LogP contribution is 2.34. The second-order valence-electron chi connectivity index (χ2n) is 8.17. The summed E-state index contributed by atoms with van der Waals surface area (Å²) in [6.45, 7) is 2.09. The molecule has 2 aliphatic heterocycles. The van der Waals surface area contributed by atoms with Gasteiger partial charge in [-0.3, -0.25) is 14.4 Å². The molecule has 11 heteroatoms. The van der Waals surface area contributed by atoms with Crippen LogP contribution in [0.4, 0.5) is 5.69 Å². The van der Waals surface area contributed by atoms with Crippen LogP contribution in [0.25, 0.3) is 0 Å². The molecule has 0 unspecified atom stereocenters. The SMILES string of the molecule is Cc1cc2c(cc1S(=O)(=O)N1CCN(C(=O)CNC(=O)Cc3ccccc3)CC1)OCC(=O)N2. The van der Waals surface area contributed by atoms with E-state index in [9.17, 15) is 22.8 Å². The van der Waals surface area contributed by atoms with Crippen LogP contribution in [-0.4, -0.2) is 74.7 Å². The Morgan fingerprint density at radius 3 is 2.50 bits per heavy atom. The third-order valence-corrected chi connectivity index (χ3v) is 7.80. The number of carbonyl (C=O) groups is 3. The van der Waals surface area contributed by atoms with Crippen LogP contribution < -0.4 is 15.4 Å². The van der Waals surface area contributed by atoms with E-state index < -0.39 is 10.0 Å². The van der Waals surface area contributed by atoms with Crippen LogP contribution in [0.5, 0.6) is 5.75 Å². The molecule has 1 fully saturated rings. The monoisotopic (exact) mass is 486 g/mol. The molecule has 3 amide bonds. The summed E-state index contributed by atoms with van der Waals surface area (Å²) in [6.07, 6.45) is 0.188. The zero-order valence-corrected chi connectivity index (χ0v) is 19.6. The van der Waals surface area contributed by atoms with Gasteiger partial charge >= 0.3 is 0 Å². The highest BCUT2D eigenvalue weighted by Gasteiger charge is 2.32. The summed E-state index contributed by atoms with van der Waals surface area (Å²) >= 11 is 0. The maximum Gasteiger partial charge on any atom is 0.262 e. The Labute approximate surface area is 197 Å². The molecule has 2 heterocycles. The van der Waals surface area contributed by atoms with Crippen molar-refractivity contribution in [2.75, 3.05) is 44.6 Å². The quantitative estimate of drug-likeness (QED) is 0.613. The van der Waals surface area contributed by atoms with Crippen LogP contribution in [0, 0.1) is 6.92 Å². The Morgan fingerprint density at radius 1 is 1.09 bits per heavy atom. The predicted octanol–water partition coefficient (Wildman–Crippen LogP) is 0.518. The number of rotatable bonds is 6. The highest BCUT2D eigenvalue weighted by molar-refractivity contribution is 7.89. The van der Waals surface area contributed by atoms with E-state index in [1.807, 2.05) is 30.3 Å². The van der Waals surface area contributed by atoms with Crippen molar-refractivity contribution < 1.29 is 27.5 Å². The maximum atomic E-state index is 13.2. The number of amides is 3. The van der Waals surface area contributed by atoms with Gasteiger partial charge in [0.25, 0.3) is 5.91 Å². The Kier molecular flexibility index (Phi) is 6.85. The molecular weight excluding hydrogens is 460 g/mol. The van der Waals surface area contributed by atoms with Crippen molar-refractivity contribution in [2.24, 2.45) is 0 Å². The molecule has 180 valence electrons. The number of hydrogen-bond donors (Lipinski definition) is 2. The second-order valence-corrected chi connectivity index (χ2v) is 10.1. The van der Waals surface area contributed by atoms with Crippen LogP contribution in [0.15, 0.2) is 47.4 Å². The van der Waals surface area contributed by atoms with Crippen LogP contribution in [0.2, 0.25) is 0 Å². The zero-order valence-electron chi connectivity index (χ0n) is 18.7. The number of piperazine rings is 1. The van der Waals surface area contributed by atoms with Gasteiger partial charge in [0.2, 0.25) is 21.8 Å². The number of ether oxygens (including phenoxy) is 1. The maximum absolute atomic E-state index is 13.2. The van der Waals surface area contributed by atoms with Gasteiger partial charge in [-0.1, -0.05) is 30.3 Å². The Hall–Kier alpha value is -3.44. The molecule has 0 aromatic heterocycles. The molecular formula is C23H26N4O6S. The second kappa shape index (κ2) is 9.82. The molecule has 4 rings (SSSR count). The number of benzene rings is 2. The van der Waals surface area contributed by atoms with Gasteiger partial charge < -0.3 is 20.3 Å². The number of nitrogens with one attached hydrogen (secondary N) is 2. The average molecular weight is 487 g/mol. The van der Waals surface area contributed by atoms with Crippen molar-refractivity contribution >= 4 is 33.4 Å². The van der Waals surface area contributed by atoms with E-state index in [0.29, 0.717) is 17.0 Å². The summed E-state index contributed by atoms with van der Waals surface area (Å²) in [5, 5.41) is 5.29. The predicted molar refractivity (Wildman–Crippen MR) is 124 cm³/mol. The van der Waals surface area contributed by atoms with Crippen LogP contribution in [-0.2, 0) is 30.8 Å². The average Bonchev–Trinajstić information content (AvgIpc) is 2.82. The van der Waals surface area contributed by atoms with Gasteiger partial charge in [0.05, 0.1) is 23.5 Å². The van der Waals surface area contributed by atoms with E-state index in [1.54, 1.807) is 17.9 Å². The van der Waals surface area contributed by atoms with E-state index in [4.69, 9.17) is 4.74 Å². The van der Waals surface area contributed by atoms with E-state index in [-0.39, 0.29) is 68.4 Å². The molecule has 0 bridgehead atoms. The summed E-state index contributed by atoms with van der Waals surface area (Å²) < 4.78 is 33.2. The highest BCUT2D eigenvalue weighted by atomic mass is 32.2. The summed E-state index contributed by atoms with van der Waals surface area (Å²) in [7, 11) is -3.82. The minimum absolute atomic E-state index is 0.107. The Morgan fingerprint density at radius 2 is 1.79 bits per heavy atom. The molecule has 1 saturated heterocycles. The minimum atomic E-state index is -3.82.